The molecule has 5 rings (SSSR count). The van der Waals surface area contributed by atoms with Gasteiger partial charge in [0.05, 0.1) is 11.0 Å². The van der Waals surface area contributed by atoms with Crippen molar-refractivity contribution in [1.29, 1.82) is 0 Å². The molecular weight excluding hydrogens is 415 g/mol. The van der Waals surface area contributed by atoms with Gasteiger partial charge in [-0.15, -0.1) is 0 Å². The Kier molecular flexibility index (Phi) is 5.36. The molecule has 0 unspecified atom stereocenters. The van der Waals surface area contributed by atoms with Gasteiger partial charge in [0.2, 0.25) is 0 Å². The zero-order chi connectivity index (χ0) is 20.5. The fourth-order valence-electron chi connectivity index (χ4n) is 4.32. The summed E-state index contributed by atoms with van der Waals surface area (Å²) in [5, 5.41) is 11.1. The lowest BCUT2D eigenvalue weighted by atomic mass is 9.90. The predicted octanol–water partition coefficient (Wildman–Crippen LogP) is 6.93. The molecule has 2 heterocycles. The summed E-state index contributed by atoms with van der Waals surface area (Å²) in [7, 11) is 0. The standard InChI is InChI=1S/C24H22Cl2N4/c25-15-1-7-19-21(9-11-27-23(19)13-15)29-17-3-5-18(6-4-17)30-22-10-12-28-24-14-16(26)2-8-20(22)24/h1-2,7-14,17-18H,3-6H2,(H,27,29)(H,28,30)/t17-,18-. The number of pyridine rings is 2. The van der Waals surface area contributed by atoms with Crippen molar-refractivity contribution in [3.8, 4) is 0 Å². The van der Waals surface area contributed by atoms with Gasteiger partial charge >= 0.3 is 0 Å². The van der Waals surface area contributed by atoms with Crippen LogP contribution in [0.25, 0.3) is 21.8 Å². The largest absolute Gasteiger partial charge is 0.382 e. The molecule has 1 aliphatic rings. The van der Waals surface area contributed by atoms with E-state index in [9.17, 15) is 0 Å². The fraction of sp³-hybridized carbons (Fsp3) is 0.250. The number of fused-ring (bicyclic) bond motifs is 2. The summed E-state index contributed by atoms with van der Waals surface area (Å²) in [6.07, 6.45) is 8.14. The average molecular weight is 437 g/mol. The van der Waals surface area contributed by atoms with E-state index in [0.717, 1.165) is 58.9 Å². The summed E-state index contributed by atoms with van der Waals surface area (Å²) < 4.78 is 0. The molecule has 0 radical (unpaired) electrons. The Balaban J connectivity index is 1.25. The second-order valence-corrected chi connectivity index (χ2v) is 8.75. The van der Waals surface area contributed by atoms with Crippen LogP contribution in [0.4, 0.5) is 11.4 Å². The Morgan fingerprint density at radius 3 is 1.50 bits per heavy atom. The van der Waals surface area contributed by atoms with Crippen LogP contribution in [0, 0.1) is 0 Å². The maximum absolute atomic E-state index is 6.11. The van der Waals surface area contributed by atoms with E-state index >= 15 is 0 Å². The van der Waals surface area contributed by atoms with Gasteiger partial charge < -0.3 is 10.6 Å². The highest BCUT2D eigenvalue weighted by molar-refractivity contribution is 6.31. The number of halogens is 2. The number of aromatic nitrogens is 2. The molecular formula is C24H22Cl2N4. The Hall–Kier alpha value is -2.56. The summed E-state index contributed by atoms with van der Waals surface area (Å²) in [5.41, 5.74) is 4.11. The van der Waals surface area contributed by atoms with Gasteiger partial charge in [0.25, 0.3) is 0 Å². The van der Waals surface area contributed by atoms with E-state index in [0.29, 0.717) is 22.1 Å². The van der Waals surface area contributed by atoms with E-state index in [1.807, 2.05) is 48.8 Å². The minimum Gasteiger partial charge on any atom is -0.382 e. The summed E-state index contributed by atoms with van der Waals surface area (Å²) >= 11 is 12.2. The molecule has 0 bridgehead atoms. The minimum atomic E-state index is 0.456. The minimum absolute atomic E-state index is 0.456. The SMILES string of the molecule is Clc1ccc2c(N[C@H]3CC[C@H](Nc4ccnc5cc(Cl)ccc45)CC3)ccnc2c1. The number of hydrogen-bond acceptors (Lipinski definition) is 4. The molecule has 2 N–H and O–H groups in total. The lowest BCUT2D eigenvalue weighted by molar-refractivity contribution is 0.429. The third kappa shape index (κ3) is 4.03. The maximum Gasteiger partial charge on any atom is 0.0737 e. The van der Waals surface area contributed by atoms with Crippen molar-refractivity contribution >= 4 is 56.4 Å². The first kappa shape index (κ1) is 19.4. The number of anilines is 2. The van der Waals surface area contributed by atoms with Crippen molar-refractivity contribution in [3.05, 3.63) is 71.0 Å². The molecule has 0 saturated heterocycles. The van der Waals surface area contributed by atoms with Gasteiger partial charge in [0.1, 0.15) is 0 Å². The van der Waals surface area contributed by atoms with E-state index < -0.39 is 0 Å². The van der Waals surface area contributed by atoms with Crippen LogP contribution in [-0.4, -0.2) is 22.1 Å². The zero-order valence-corrected chi connectivity index (χ0v) is 17.9. The first-order valence-electron chi connectivity index (χ1n) is 10.3. The highest BCUT2D eigenvalue weighted by atomic mass is 35.5. The molecule has 0 spiro atoms. The smallest absolute Gasteiger partial charge is 0.0737 e. The molecule has 6 heteroatoms. The summed E-state index contributed by atoms with van der Waals surface area (Å²) in [5.74, 6) is 0. The number of nitrogens with one attached hydrogen (secondary N) is 2. The monoisotopic (exact) mass is 436 g/mol. The number of nitrogens with zero attached hydrogens (tertiary/aromatic N) is 2. The molecule has 2 aromatic heterocycles. The van der Waals surface area contributed by atoms with E-state index in [-0.39, 0.29) is 0 Å². The molecule has 4 nitrogen and oxygen atoms in total. The van der Waals surface area contributed by atoms with Crippen molar-refractivity contribution in [3.63, 3.8) is 0 Å². The molecule has 30 heavy (non-hydrogen) atoms. The topological polar surface area (TPSA) is 49.8 Å². The Labute approximate surface area is 185 Å². The molecule has 1 fully saturated rings. The quantitative estimate of drug-likeness (QED) is 0.364. The molecule has 0 atom stereocenters. The van der Waals surface area contributed by atoms with Crippen molar-refractivity contribution in [2.45, 2.75) is 37.8 Å². The number of hydrogen-bond donors (Lipinski definition) is 2. The van der Waals surface area contributed by atoms with Crippen molar-refractivity contribution in [1.82, 2.24) is 9.97 Å². The first-order valence-corrected chi connectivity index (χ1v) is 11.0. The van der Waals surface area contributed by atoms with Crippen LogP contribution in [-0.2, 0) is 0 Å². The van der Waals surface area contributed by atoms with Crippen LogP contribution in [0.5, 0.6) is 0 Å². The average Bonchev–Trinajstić information content (AvgIpc) is 2.75. The number of benzene rings is 2. The summed E-state index contributed by atoms with van der Waals surface area (Å²) in [4.78, 5) is 8.87. The van der Waals surface area contributed by atoms with Crippen molar-refractivity contribution in [2.75, 3.05) is 10.6 Å². The third-order valence-corrected chi connectivity index (χ3v) is 6.33. The molecule has 1 saturated carbocycles. The van der Waals surface area contributed by atoms with Crippen LogP contribution in [0.15, 0.2) is 60.9 Å². The van der Waals surface area contributed by atoms with E-state index in [1.165, 1.54) is 0 Å². The first-order chi connectivity index (χ1) is 14.7. The fourth-order valence-corrected chi connectivity index (χ4v) is 4.65. The van der Waals surface area contributed by atoms with Gasteiger partial charge in [-0.1, -0.05) is 23.2 Å². The highest BCUT2D eigenvalue weighted by Crippen LogP contribution is 2.31. The Morgan fingerprint density at radius 1 is 0.633 bits per heavy atom. The maximum atomic E-state index is 6.11. The van der Waals surface area contributed by atoms with Gasteiger partial charge in [0.15, 0.2) is 0 Å². The predicted molar refractivity (Wildman–Crippen MR) is 127 cm³/mol. The Bertz CT molecular complexity index is 1110. The Morgan fingerprint density at radius 2 is 1.07 bits per heavy atom. The van der Waals surface area contributed by atoms with Crippen LogP contribution < -0.4 is 10.6 Å². The second kappa shape index (κ2) is 8.29. The molecule has 0 aliphatic heterocycles. The second-order valence-electron chi connectivity index (χ2n) is 7.88. The third-order valence-electron chi connectivity index (χ3n) is 5.86. The van der Waals surface area contributed by atoms with Crippen LogP contribution in [0.3, 0.4) is 0 Å². The van der Waals surface area contributed by atoms with E-state index in [1.54, 1.807) is 0 Å². The zero-order valence-electron chi connectivity index (χ0n) is 16.4. The molecule has 1 aliphatic carbocycles. The van der Waals surface area contributed by atoms with Gasteiger partial charge in [-0.25, -0.2) is 0 Å². The molecule has 152 valence electrons. The van der Waals surface area contributed by atoms with Crippen molar-refractivity contribution < 1.29 is 0 Å². The number of rotatable bonds is 4. The summed E-state index contributed by atoms with van der Waals surface area (Å²) in [6.45, 7) is 0. The van der Waals surface area contributed by atoms with Gasteiger partial charge in [-0.2, -0.15) is 0 Å². The van der Waals surface area contributed by atoms with Crippen LogP contribution in [0.2, 0.25) is 10.0 Å². The normalized spacial score (nSPS) is 19.1. The molecule has 0 amide bonds. The van der Waals surface area contributed by atoms with Gasteiger partial charge in [-0.3, -0.25) is 9.97 Å². The molecule has 4 aromatic rings. The molecule has 2 aromatic carbocycles. The van der Waals surface area contributed by atoms with Gasteiger partial charge in [-0.05, 0) is 74.2 Å². The van der Waals surface area contributed by atoms with Crippen molar-refractivity contribution in [2.24, 2.45) is 0 Å². The highest BCUT2D eigenvalue weighted by Gasteiger charge is 2.22. The summed E-state index contributed by atoms with van der Waals surface area (Å²) in [6, 6.07) is 16.8. The van der Waals surface area contributed by atoms with Gasteiger partial charge in [0, 0.05) is 56.7 Å². The van der Waals surface area contributed by atoms with Crippen LogP contribution >= 0.6 is 23.2 Å². The lowest BCUT2D eigenvalue weighted by Crippen LogP contribution is -2.32. The van der Waals surface area contributed by atoms with E-state index in [2.05, 4.69) is 32.7 Å². The van der Waals surface area contributed by atoms with Crippen LogP contribution in [0.1, 0.15) is 25.7 Å². The van der Waals surface area contributed by atoms with E-state index in [4.69, 9.17) is 23.2 Å². The lowest BCUT2D eigenvalue weighted by Gasteiger charge is -2.31.